The number of carbonyl (C=O) groups is 1. The van der Waals surface area contributed by atoms with Crippen molar-refractivity contribution >= 4 is 11.7 Å². The molecule has 0 aliphatic rings. The molecule has 110 valence electrons. The monoisotopic (exact) mass is 286 g/mol. The number of benzene rings is 1. The van der Waals surface area contributed by atoms with Crippen molar-refractivity contribution in [2.24, 2.45) is 0 Å². The van der Waals surface area contributed by atoms with Crippen molar-refractivity contribution in [3.8, 4) is 5.75 Å². The van der Waals surface area contributed by atoms with E-state index < -0.39 is 5.97 Å². The Morgan fingerprint density at radius 2 is 2.05 bits per heavy atom. The molecule has 0 aliphatic carbocycles. The van der Waals surface area contributed by atoms with Crippen molar-refractivity contribution in [1.29, 1.82) is 0 Å². The van der Waals surface area contributed by atoms with Crippen LogP contribution in [0.3, 0.4) is 0 Å². The number of carbonyl (C=O) groups excluding carboxylic acids is 1. The Morgan fingerprint density at radius 1 is 1.24 bits per heavy atom. The van der Waals surface area contributed by atoms with Crippen molar-refractivity contribution in [3.05, 3.63) is 53.9 Å². The fourth-order valence-corrected chi connectivity index (χ4v) is 2.01. The largest absolute Gasteiger partial charge is 0.496 e. The Morgan fingerprint density at radius 3 is 2.81 bits per heavy atom. The van der Waals surface area contributed by atoms with Crippen LogP contribution in [0.5, 0.6) is 5.75 Å². The zero-order chi connectivity index (χ0) is 15.1. The highest BCUT2D eigenvalue weighted by molar-refractivity contribution is 5.88. The van der Waals surface area contributed by atoms with Gasteiger partial charge in [-0.2, -0.15) is 0 Å². The number of hydrogen-bond donors (Lipinski definition) is 1. The Bertz CT molecular complexity index is 614. The van der Waals surface area contributed by atoms with Crippen LogP contribution in [0.15, 0.2) is 42.6 Å². The first-order valence-corrected chi connectivity index (χ1v) is 6.64. The molecule has 1 aromatic carbocycles. The first-order valence-electron chi connectivity index (χ1n) is 6.64. The summed E-state index contributed by atoms with van der Waals surface area (Å²) in [6, 6.07) is 11.4. The van der Waals surface area contributed by atoms with Crippen molar-refractivity contribution < 1.29 is 14.3 Å². The lowest BCUT2D eigenvalue weighted by atomic mass is 10.1. The van der Waals surface area contributed by atoms with Crippen LogP contribution in [0.2, 0.25) is 0 Å². The van der Waals surface area contributed by atoms with E-state index in [4.69, 9.17) is 4.74 Å². The molecule has 0 radical (unpaired) electrons. The van der Waals surface area contributed by atoms with E-state index in [-0.39, 0.29) is 0 Å². The van der Waals surface area contributed by atoms with Crippen LogP contribution in [0.1, 0.15) is 16.1 Å². The normalized spacial score (nSPS) is 10.0. The lowest BCUT2D eigenvalue weighted by Crippen LogP contribution is -2.08. The van der Waals surface area contributed by atoms with Crippen LogP contribution in [-0.4, -0.2) is 31.7 Å². The molecule has 2 aromatic rings. The smallest absolute Gasteiger partial charge is 0.356 e. The third kappa shape index (κ3) is 3.95. The van der Waals surface area contributed by atoms with E-state index >= 15 is 0 Å². The number of rotatable bonds is 6. The molecular formula is C16H18N2O3. The van der Waals surface area contributed by atoms with E-state index in [9.17, 15) is 4.79 Å². The van der Waals surface area contributed by atoms with Crippen LogP contribution < -0.4 is 10.1 Å². The number of ether oxygens (including phenoxy) is 2. The maximum absolute atomic E-state index is 11.4. The number of esters is 1. The van der Waals surface area contributed by atoms with Gasteiger partial charge < -0.3 is 14.8 Å². The van der Waals surface area contributed by atoms with Crippen LogP contribution in [-0.2, 0) is 11.2 Å². The van der Waals surface area contributed by atoms with Gasteiger partial charge in [-0.25, -0.2) is 9.78 Å². The number of nitrogens with zero attached hydrogens (tertiary/aromatic N) is 1. The molecule has 0 amide bonds. The van der Waals surface area contributed by atoms with E-state index in [1.807, 2.05) is 30.3 Å². The summed E-state index contributed by atoms with van der Waals surface area (Å²) < 4.78 is 9.96. The van der Waals surface area contributed by atoms with Gasteiger partial charge in [-0.05, 0) is 30.2 Å². The zero-order valence-electron chi connectivity index (χ0n) is 12.1. The van der Waals surface area contributed by atoms with Crippen molar-refractivity contribution in [2.45, 2.75) is 6.42 Å². The summed E-state index contributed by atoms with van der Waals surface area (Å²) in [6.45, 7) is 0.727. The number of hydrogen-bond acceptors (Lipinski definition) is 5. The van der Waals surface area contributed by atoms with Crippen LogP contribution >= 0.6 is 0 Å². The number of pyridine rings is 1. The first kappa shape index (κ1) is 14.8. The molecule has 0 saturated carbocycles. The van der Waals surface area contributed by atoms with E-state index in [0.717, 1.165) is 30.0 Å². The molecule has 5 heteroatoms. The molecule has 1 aromatic heterocycles. The molecule has 0 spiro atoms. The number of nitrogens with one attached hydrogen (secondary N) is 1. The van der Waals surface area contributed by atoms with Crippen LogP contribution in [0, 0.1) is 0 Å². The average molecular weight is 286 g/mol. The molecule has 0 unspecified atom stereocenters. The molecule has 0 fully saturated rings. The topological polar surface area (TPSA) is 60.5 Å². The second-order valence-corrected chi connectivity index (χ2v) is 4.41. The van der Waals surface area contributed by atoms with Gasteiger partial charge in [-0.15, -0.1) is 0 Å². The molecule has 2 rings (SSSR count). The predicted octanol–water partition coefficient (Wildman–Crippen LogP) is 2.53. The summed E-state index contributed by atoms with van der Waals surface area (Å²) in [5.74, 6) is 0.438. The molecule has 21 heavy (non-hydrogen) atoms. The average Bonchev–Trinajstić information content (AvgIpc) is 2.55. The maximum atomic E-state index is 11.4. The second kappa shape index (κ2) is 7.28. The minimum absolute atomic E-state index is 0.291. The summed E-state index contributed by atoms with van der Waals surface area (Å²) in [5.41, 5.74) is 2.26. The Balaban J connectivity index is 1.96. The standard InChI is InChI=1S/C16H18N2O3/c1-20-15-6-4-3-5-12(15)7-9-17-13-8-10-18-14(11-13)16(19)21-2/h3-6,8,10-11H,7,9H2,1-2H3,(H,17,18). The van der Waals surface area contributed by atoms with E-state index in [0.29, 0.717) is 5.69 Å². The number of aromatic nitrogens is 1. The van der Waals surface area contributed by atoms with Crippen LogP contribution in [0.25, 0.3) is 0 Å². The van der Waals surface area contributed by atoms with E-state index in [1.165, 1.54) is 7.11 Å². The highest BCUT2D eigenvalue weighted by Gasteiger charge is 2.07. The fraction of sp³-hybridized carbons (Fsp3) is 0.250. The van der Waals surface area contributed by atoms with Gasteiger partial charge in [0.2, 0.25) is 0 Å². The Kier molecular flexibility index (Phi) is 5.15. The fourth-order valence-electron chi connectivity index (χ4n) is 2.01. The minimum atomic E-state index is -0.441. The Labute approximate surface area is 123 Å². The number of anilines is 1. The summed E-state index contributed by atoms with van der Waals surface area (Å²) >= 11 is 0. The molecular weight excluding hydrogens is 268 g/mol. The third-order valence-electron chi connectivity index (χ3n) is 3.07. The number of para-hydroxylation sites is 1. The number of methoxy groups -OCH3 is 2. The summed E-state index contributed by atoms with van der Waals surface area (Å²) in [4.78, 5) is 15.4. The summed E-state index contributed by atoms with van der Waals surface area (Å²) in [5, 5.41) is 3.26. The molecule has 0 aliphatic heterocycles. The van der Waals surface area contributed by atoms with Gasteiger partial charge in [0.15, 0.2) is 0 Å². The Hall–Kier alpha value is -2.56. The second-order valence-electron chi connectivity index (χ2n) is 4.41. The van der Waals surface area contributed by atoms with E-state index in [2.05, 4.69) is 15.0 Å². The van der Waals surface area contributed by atoms with E-state index in [1.54, 1.807) is 19.4 Å². The first-order chi connectivity index (χ1) is 10.2. The summed E-state index contributed by atoms with van der Waals surface area (Å²) in [7, 11) is 3.00. The van der Waals surface area contributed by atoms with Gasteiger partial charge in [-0.3, -0.25) is 0 Å². The molecule has 1 N–H and O–H groups in total. The molecule has 1 heterocycles. The SMILES string of the molecule is COC(=O)c1cc(NCCc2ccccc2OC)ccn1. The highest BCUT2D eigenvalue weighted by Crippen LogP contribution is 2.18. The highest BCUT2D eigenvalue weighted by atomic mass is 16.5. The zero-order valence-corrected chi connectivity index (χ0v) is 12.1. The van der Waals surface area contributed by atoms with Gasteiger partial charge in [0.05, 0.1) is 14.2 Å². The van der Waals surface area contributed by atoms with Gasteiger partial charge in [0.1, 0.15) is 11.4 Å². The third-order valence-corrected chi connectivity index (χ3v) is 3.07. The van der Waals surface area contributed by atoms with Crippen molar-refractivity contribution in [2.75, 3.05) is 26.1 Å². The lowest BCUT2D eigenvalue weighted by Gasteiger charge is -2.10. The molecule has 0 saturated heterocycles. The van der Waals surface area contributed by atoms with Crippen LogP contribution in [0.4, 0.5) is 5.69 Å². The molecule has 0 bridgehead atoms. The minimum Gasteiger partial charge on any atom is -0.496 e. The lowest BCUT2D eigenvalue weighted by molar-refractivity contribution is 0.0594. The van der Waals surface area contributed by atoms with Gasteiger partial charge in [0.25, 0.3) is 0 Å². The van der Waals surface area contributed by atoms with Gasteiger partial charge in [-0.1, -0.05) is 18.2 Å². The van der Waals surface area contributed by atoms with Crippen molar-refractivity contribution in [3.63, 3.8) is 0 Å². The molecule has 0 atom stereocenters. The summed E-state index contributed by atoms with van der Waals surface area (Å²) in [6.07, 6.45) is 2.40. The quantitative estimate of drug-likeness (QED) is 0.827. The molecule has 5 nitrogen and oxygen atoms in total. The van der Waals surface area contributed by atoms with Crippen molar-refractivity contribution in [1.82, 2.24) is 4.98 Å². The predicted molar refractivity (Wildman–Crippen MR) is 80.8 cm³/mol. The van der Waals surface area contributed by atoms with Gasteiger partial charge >= 0.3 is 5.97 Å². The van der Waals surface area contributed by atoms with Gasteiger partial charge in [0, 0.05) is 18.4 Å². The maximum Gasteiger partial charge on any atom is 0.356 e.